The van der Waals surface area contributed by atoms with Crippen molar-refractivity contribution in [3.05, 3.63) is 35.4 Å². The third-order valence-corrected chi connectivity index (χ3v) is 2.89. The number of carboxylic acids is 1. The third-order valence-electron chi connectivity index (χ3n) is 2.03. The van der Waals surface area contributed by atoms with Gasteiger partial charge in [-0.3, -0.25) is 4.79 Å². The Morgan fingerprint density at radius 3 is 2.25 bits per heavy atom. The molecule has 1 aromatic rings. The van der Waals surface area contributed by atoms with Crippen molar-refractivity contribution in [2.45, 2.75) is 11.8 Å². The third kappa shape index (κ3) is 3.63. The van der Waals surface area contributed by atoms with Crippen LogP contribution < -0.4 is 5.73 Å². The van der Waals surface area contributed by atoms with Crippen LogP contribution in [0.2, 0.25) is 0 Å². The van der Waals surface area contributed by atoms with E-state index in [4.69, 9.17) is 10.8 Å². The van der Waals surface area contributed by atoms with E-state index in [1.54, 1.807) is 12.1 Å². The molecular weight excluding hydrogens is 230 g/mol. The van der Waals surface area contributed by atoms with Crippen LogP contribution in [0, 0.1) is 0 Å². The maximum atomic E-state index is 11.0. The molecule has 1 atom stereocenters. The number of hydrogen-bond acceptors (Lipinski definition) is 4. The van der Waals surface area contributed by atoms with Gasteiger partial charge in [0.05, 0.1) is 5.75 Å². The van der Waals surface area contributed by atoms with E-state index in [2.05, 4.69) is 0 Å². The average Bonchev–Trinajstić information content (AvgIpc) is 2.15. The Morgan fingerprint density at radius 1 is 1.38 bits per heavy atom. The van der Waals surface area contributed by atoms with Gasteiger partial charge in [-0.1, -0.05) is 24.3 Å². The molecule has 0 radical (unpaired) electrons. The maximum Gasteiger partial charge on any atom is 0.325 e. The summed E-state index contributed by atoms with van der Waals surface area (Å²) in [5, 5.41) is 8.67. The highest BCUT2D eigenvalue weighted by Gasteiger charge is 2.14. The van der Waals surface area contributed by atoms with E-state index in [-0.39, 0.29) is 5.75 Å². The molecule has 0 aliphatic rings. The topological polar surface area (TPSA) is 97.5 Å². The fourth-order valence-electron chi connectivity index (χ4n) is 1.27. The van der Waals surface area contributed by atoms with Crippen LogP contribution in [0.3, 0.4) is 0 Å². The highest BCUT2D eigenvalue weighted by Crippen LogP contribution is 2.13. The van der Waals surface area contributed by atoms with Crippen LogP contribution in [-0.4, -0.2) is 25.7 Å². The van der Waals surface area contributed by atoms with E-state index in [1.807, 2.05) is 0 Å². The fraction of sp³-hybridized carbons (Fsp3) is 0.300. The van der Waals surface area contributed by atoms with E-state index in [0.29, 0.717) is 11.1 Å². The lowest BCUT2D eigenvalue weighted by molar-refractivity contribution is -0.138. The monoisotopic (exact) mass is 243 g/mol. The normalized spacial score (nSPS) is 13.4. The van der Waals surface area contributed by atoms with E-state index in [0.717, 1.165) is 6.26 Å². The minimum absolute atomic E-state index is 0.0599. The van der Waals surface area contributed by atoms with E-state index < -0.39 is 21.8 Å². The number of rotatable bonds is 4. The van der Waals surface area contributed by atoms with Crippen LogP contribution in [0.4, 0.5) is 0 Å². The first-order valence-corrected chi connectivity index (χ1v) is 6.60. The zero-order chi connectivity index (χ0) is 12.3. The first-order valence-electron chi connectivity index (χ1n) is 4.54. The summed E-state index contributed by atoms with van der Waals surface area (Å²) < 4.78 is 22.0. The molecule has 0 amide bonds. The predicted octanol–water partition coefficient (Wildman–Crippen LogP) is 0.316. The summed E-state index contributed by atoms with van der Waals surface area (Å²) in [6.07, 6.45) is 1.14. The number of carbonyl (C=O) groups is 1. The fourth-order valence-corrected chi connectivity index (χ4v) is 2.06. The standard InChI is InChI=1S/C10H13NO4S/c1-16(14,15)6-7-2-4-8(5-3-7)9(11)10(12)13/h2-5,9H,6,11H2,1H3,(H,12,13). The summed E-state index contributed by atoms with van der Waals surface area (Å²) in [6, 6.07) is 5.11. The highest BCUT2D eigenvalue weighted by atomic mass is 32.2. The van der Waals surface area contributed by atoms with Gasteiger partial charge in [-0.2, -0.15) is 0 Å². The van der Waals surface area contributed by atoms with Gasteiger partial charge < -0.3 is 10.8 Å². The second-order valence-corrected chi connectivity index (χ2v) is 5.77. The lowest BCUT2D eigenvalue weighted by atomic mass is 10.1. The molecule has 0 aliphatic heterocycles. The lowest BCUT2D eigenvalue weighted by Gasteiger charge is -2.07. The molecule has 5 nitrogen and oxygen atoms in total. The molecule has 0 aliphatic carbocycles. The molecule has 6 heteroatoms. The van der Waals surface area contributed by atoms with Crippen molar-refractivity contribution in [1.29, 1.82) is 0 Å². The molecule has 1 unspecified atom stereocenters. The minimum Gasteiger partial charge on any atom is -0.480 e. The lowest BCUT2D eigenvalue weighted by Crippen LogP contribution is -2.20. The van der Waals surface area contributed by atoms with E-state index >= 15 is 0 Å². The van der Waals surface area contributed by atoms with Gasteiger partial charge in [0.2, 0.25) is 0 Å². The van der Waals surface area contributed by atoms with Crippen molar-refractivity contribution in [2.75, 3.05) is 6.26 Å². The molecule has 0 fully saturated rings. The Hall–Kier alpha value is -1.40. The summed E-state index contributed by atoms with van der Waals surface area (Å²) in [4.78, 5) is 10.6. The molecule has 16 heavy (non-hydrogen) atoms. The number of sulfone groups is 1. The van der Waals surface area contributed by atoms with E-state index in [9.17, 15) is 13.2 Å². The van der Waals surface area contributed by atoms with Gasteiger partial charge in [0.1, 0.15) is 6.04 Å². The first kappa shape index (κ1) is 12.7. The Morgan fingerprint density at radius 2 is 1.88 bits per heavy atom. The van der Waals surface area contributed by atoms with Crippen LogP contribution in [0.5, 0.6) is 0 Å². The van der Waals surface area contributed by atoms with Gasteiger partial charge in [-0.05, 0) is 11.1 Å². The summed E-state index contributed by atoms with van der Waals surface area (Å²) in [7, 11) is -3.07. The highest BCUT2D eigenvalue weighted by molar-refractivity contribution is 7.89. The van der Waals surface area contributed by atoms with E-state index in [1.165, 1.54) is 12.1 Å². The zero-order valence-corrected chi connectivity index (χ0v) is 9.57. The van der Waals surface area contributed by atoms with Gasteiger partial charge in [-0.15, -0.1) is 0 Å². The molecule has 1 aromatic carbocycles. The van der Waals surface area contributed by atoms with Crippen molar-refractivity contribution in [2.24, 2.45) is 5.73 Å². The number of benzene rings is 1. The summed E-state index contributed by atoms with van der Waals surface area (Å²) in [6.45, 7) is 0. The van der Waals surface area contributed by atoms with Crippen LogP contribution in [0.15, 0.2) is 24.3 Å². The largest absolute Gasteiger partial charge is 0.480 e. The van der Waals surface area contributed by atoms with Gasteiger partial charge in [0.25, 0.3) is 0 Å². The van der Waals surface area contributed by atoms with Gasteiger partial charge in [0.15, 0.2) is 9.84 Å². The number of aliphatic carboxylic acids is 1. The van der Waals surface area contributed by atoms with Crippen molar-refractivity contribution < 1.29 is 18.3 Å². The number of hydrogen-bond donors (Lipinski definition) is 2. The molecule has 3 N–H and O–H groups in total. The Labute approximate surface area is 93.8 Å². The number of carboxylic acid groups (broad SMARTS) is 1. The molecule has 1 rings (SSSR count). The minimum atomic E-state index is -3.07. The van der Waals surface area contributed by atoms with Gasteiger partial charge in [-0.25, -0.2) is 8.42 Å². The Balaban J connectivity index is 2.87. The molecule has 0 aromatic heterocycles. The smallest absolute Gasteiger partial charge is 0.325 e. The zero-order valence-electron chi connectivity index (χ0n) is 8.75. The van der Waals surface area contributed by atoms with Crippen molar-refractivity contribution in [3.8, 4) is 0 Å². The van der Waals surface area contributed by atoms with Gasteiger partial charge >= 0.3 is 5.97 Å². The maximum absolute atomic E-state index is 11.0. The average molecular weight is 243 g/mol. The SMILES string of the molecule is CS(=O)(=O)Cc1ccc(C(N)C(=O)O)cc1. The van der Waals surface area contributed by atoms with Crippen LogP contribution >= 0.6 is 0 Å². The van der Waals surface area contributed by atoms with Crippen molar-refractivity contribution in [3.63, 3.8) is 0 Å². The van der Waals surface area contributed by atoms with Crippen LogP contribution in [0.1, 0.15) is 17.2 Å². The molecule has 0 spiro atoms. The summed E-state index contributed by atoms with van der Waals surface area (Å²) in [5.74, 6) is -1.17. The van der Waals surface area contributed by atoms with Crippen LogP contribution in [-0.2, 0) is 20.4 Å². The van der Waals surface area contributed by atoms with Crippen LogP contribution in [0.25, 0.3) is 0 Å². The molecule has 0 heterocycles. The first-order chi connectivity index (χ1) is 7.29. The Bertz CT molecular complexity index is 478. The second kappa shape index (κ2) is 4.63. The summed E-state index contributed by atoms with van der Waals surface area (Å²) >= 11 is 0. The molecule has 0 bridgehead atoms. The number of nitrogens with two attached hydrogens (primary N) is 1. The Kier molecular flexibility index (Phi) is 3.66. The van der Waals surface area contributed by atoms with Crippen molar-refractivity contribution >= 4 is 15.8 Å². The molecule has 0 saturated carbocycles. The second-order valence-electron chi connectivity index (χ2n) is 3.63. The quantitative estimate of drug-likeness (QED) is 0.793. The predicted molar refractivity (Wildman–Crippen MR) is 59.6 cm³/mol. The molecule has 88 valence electrons. The molecular formula is C10H13NO4S. The van der Waals surface area contributed by atoms with Crippen molar-refractivity contribution in [1.82, 2.24) is 0 Å². The van der Waals surface area contributed by atoms with Gasteiger partial charge in [0, 0.05) is 6.26 Å². The molecule has 0 saturated heterocycles. The summed E-state index contributed by atoms with van der Waals surface area (Å²) in [5.41, 5.74) is 6.46.